The summed E-state index contributed by atoms with van der Waals surface area (Å²) in [5.74, 6) is -0.263. The summed E-state index contributed by atoms with van der Waals surface area (Å²) >= 11 is 7.56. The van der Waals surface area contributed by atoms with E-state index in [4.69, 9.17) is 11.6 Å². The lowest BCUT2D eigenvalue weighted by molar-refractivity contribution is 0.557. The number of aromatic nitrogens is 1. The van der Waals surface area contributed by atoms with Crippen molar-refractivity contribution in [3.63, 3.8) is 0 Å². The molecule has 1 N–H and O–H groups in total. The van der Waals surface area contributed by atoms with Gasteiger partial charge in [-0.05, 0) is 38.6 Å². The Morgan fingerprint density at radius 1 is 1.42 bits per heavy atom. The van der Waals surface area contributed by atoms with E-state index in [1.165, 1.54) is 6.07 Å². The van der Waals surface area contributed by atoms with Crippen LogP contribution >= 0.6 is 22.9 Å². The highest BCUT2D eigenvalue weighted by molar-refractivity contribution is 7.11. The summed E-state index contributed by atoms with van der Waals surface area (Å²) in [5.41, 5.74) is 1.54. The molecule has 1 aromatic heterocycles. The minimum absolute atomic E-state index is 0.249. The van der Waals surface area contributed by atoms with Crippen molar-refractivity contribution < 1.29 is 4.39 Å². The van der Waals surface area contributed by atoms with E-state index in [0.29, 0.717) is 10.6 Å². The maximum atomic E-state index is 14.0. The van der Waals surface area contributed by atoms with Crippen LogP contribution in [0, 0.1) is 19.7 Å². The van der Waals surface area contributed by atoms with Gasteiger partial charge in [0.2, 0.25) is 0 Å². The van der Waals surface area contributed by atoms with Crippen LogP contribution in [0.5, 0.6) is 0 Å². The lowest BCUT2D eigenvalue weighted by Gasteiger charge is -2.17. The molecule has 0 aliphatic heterocycles. The van der Waals surface area contributed by atoms with Gasteiger partial charge < -0.3 is 5.32 Å². The van der Waals surface area contributed by atoms with Crippen LogP contribution in [0.25, 0.3) is 0 Å². The average Bonchev–Trinajstić information content (AvgIpc) is 2.70. The number of rotatable bonds is 4. The van der Waals surface area contributed by atoms with E-state index in [1.807, 2.05) is 20.8 Å². The summed E-state index contributed by atoms with van der Waals surface area (Å²) in [7, 11) is 0. The van der Waals surface area contributed by atoms with Crippen molar-refractivity contribution in [1.29, 1.82) is 0 Å². The molecule has 5 heteroatoms. The van der Waals surface area contributed by atoms with E-state index >= 15 is 0 Å². The molecule has 19 heavy (non-hydrogen) atoms. The second-order valence-corrected chi connectivity index (χ2v) is 6.02. The molecule has 2 nitrogen and oxygen atoms in total. The van der Waals surface area contributed by atoms with E-state index in [1.54, 1.807) is 23.5 Å². The molecule has 0 spiro atoms. The summed E-state index contributed by atoms with van der Waals surface area (Å²) in [4.78, 5) is 5.68. The minimum Gasteiger partial charge on any atom is -0.304 e. The Morgan fingerprint density at radius 3 is 2.74 bits per heavy atom. The molecular formula is C14H16ClFN2S. The lowest BCUT2D eigenvalue weighted by Crippen LogP contribution is -2.23. The molecule has 1 unspecified atom stereocenters. The quantitative estimate of drug-likeness (QED) is 0.912. The van der Waals surface area contributed by atoms with Crippen molar-refractivity contribution in [2.24, 2.45) is 0 Å². The summed E-state index contributed by atoms with van der Waals surface area (Å²) in [5, 5.41) is 4.68. The second-order valence-electron chi connectivity index (χ2n) is 4.35. The fourth-order valence-electron chi connectivity index (χ4n) is 1.89. The van der Waals surface area contributed by atoms with Gasteiger partial charge in [-0.1, -0.05) is 18.5 Å². The fourth-order valence-corrected chi connectivity index (χ4v) is 3.09. The van der Waals surface area contributed by atoms with Crippen molar-refractivity contribution in [3.8, 4) is 0 Å². The lowest BCUT2D eigenvalue weighted by atomic mass is 10.1. The van der Waals surface area contributed by atoms with Crippen molar-refractivity contribution in [1.82, 2.24) is 10.3 Å². The Morgan fingerprint density at radius 2 is 2.16 bits per heavy atom. The zero-order valence-corrected chi connectivity index (χ0v) is 12.7. The summed E-state index contributed by atoms with van der Waals surface area (Å²) < 4.78 is 14.0. The Bertz CT molecular complexity index is 563. The van der Waals surface area contributed by atoms with Gasteiger partial charge in [-0.2, -0.15) is 0 Å². The highest BCUT2D eigenvalue weighted by Gasteiger charge is 2.21. The summed E-state index contributed by atoms with van der Waals surface area (Å²) in [6.45, 7) is 6.71. The molecular weight excluding hydrogens is 283 g/mol. The first-order chi connectivity index (χ1) is 9.02. The zero-order chi connectivity index (χ0) is 14.0. The molecule has 2 rings (SSSR count). The van der Waals surface area contributed by atoms with Crippen molar-refractivity contribution in [2.75, 3.05) is 6.54 Å². The molecule has 2 aromatic rings. The van der Waals surface area contributed by atoms with Crippen LogP contribution in [-0.2, 0) is 0 Å². The molecule has 1 atom stereocenters. The average molecular weight is 299 g/mol. The van der Waals surface area contributed by atoms with Gasteiger partial charge in [-0.3, -0.25) is 0 Å². The molecule has 0 radical (unpaired) electrons. The van der Waals surface area contributed by atoms with Gasteiger partial charge in [0.05, 0.1) is 11.7 Å². The highest BCUT2D eigenvalue weighted by Crippen LogP contribution is 2.30. The third-order valence-electron chi connectivity index (χ3n) is 2.97. The molecule has 0 fully saturated rings. The first-order valence-electron chi connectivity index (χ1n) is 6.15. The minimum atomic E-state index is -0.263. The van der Waals surface area contributed by atoms with Crippen LogP contribution in [0.2, 0.25) is 5.02 Å². The number of nitrogens with one attached hydrogen (secondary N) is 1. The van der Waals surface area contributed by atoms with Gasteiger partial charge in [0, 0.05) is 15.5 Å². The SMILES string of the molecule is CCNC(c1nc(C)c(C)s1)c1cc(Cl)ccc1F. The van der Waals surface area contributed by atoms with Crippen molar-refractivity contribution in [3.05, 3.63) is 50.2 Å². The molecule has 1 heterocycles. The Balaban J connectivity index is 2.47. The summed E-state index contributed by atoms with van der Waals surface area (Å²) in [6.07, 6.45) is 0. The first-order valence-corrected chi connectivity index (χ1v) is 7.34. The first kappa shape index (κ1) is 14.4. The molecule has 0 bridgehead atoms. The van der Waals surface area contributed by atoms with Gasteiger partial charge in [0.15, 0.2) is 0 Å². The van der Waals surface area contributed by atoms with Crippen LogP contribution in [0.15, 0.2) is 18.2 Å². The van der Waals surface area contributed by atoms with Crippen molar-refractivity contribution in [2.45, 2.75) is 26.8 Å². The smallest absolute Gasteiger partial charge is 0.128 e. The van der Waals surface area contributed by atoms with Crippen LogP contribution in [0.3, 0.4) is 0 Å². The van der Waals surface area contributed by atoms with Crippen LogP contribution in [-0.4, -0.2) is 11.5 Å². The molecule has 1 aromatic carbocycles. The van der Waals surface area contributed by atoms with Gasteiger partial charge in [0.25, 0.3) is 0 Å². The van der Waals surface area contributed by atoms with E-state index in [2.05, 4.69) is 10.3 Å². The number of halogens is 2. The fraction of sp³-hybridized carbons (Fsp3) is 0.357. The van der Waals surface area contributed by atoms with E-state index in [9.17, 15) is 4.39 Å². The van der Waals surface area contributed by atoms with Gasteiger partial charge in [-0.25, -0.2) is 9.37 Å². The van der Waals surface area contributed by atoms with E-state index in [0.717, 1.165) is 22.1 Å². The molecule has 0 amide bonds. The third kappa shape index (κ3) is 3.14. The number of aryl methyl sites for hydroxylation is 2. The maximum absolute atomic E-state index is 14.0. The predicted molar refractivity (Wildman–Crippen MR) is 78.5 cm³/mol. The Hall–Kier alpha value is -0.970. The normalized spacial score (nSPS) is 12.7. The molecule has 0 aliphatic rings. The monoisotopic (exact) mass is 298 g/mol. The third-order valence-corrected chi connectivity index (χ3v) is 4.34. The van der Waals surface area contributed by atoms with Crippen LogP contribution in [0.1, 0.15) is 34.1 Å². The topological polar surface area (TPSA) is 24.9 Å². The predicted octanol–water partition coefficient (Wildman–Crippen LogP) is 4.25. The molecule has 0 saturated carbocycles. The molecule has 0 saturated heterocycles. The molecule has 0 aliphatic carbocycles. The van der Waals surface area contributed by atoms with Gasteiger partial charge in [-0.15, -0.1) is 11.3 Å². The number of benzene rings is 1. The summed E-state index contributed by atoms with van der Waals surface area (Å²) in [6, 6.07) is 4.37. The maximum Gasteiger partial charge on any atom is 0.128 e. The van der Waals surface area contributed by atoms with Crippen molar-refractivity contribution >= 4 is 22.9 Å². The van der Waals surface area contributed by atoms with E-state index < -0.39 is 0 Å². The largest absolute Gasteiger partial charge is 0.304 e. The molecule has 102 valence electrons. The number of nitrogens with zero attached hydrogens (tertiary/aromatic N) is 1. The Labute approximate surface area is 121 Å². The van der Waals surface area contributed by atoms with E-state index in [-0.39, 0.29) is 11.9 Å². The van der Waals surface area contributed by atoms with Gasteiger partial charge in [0.1, 0.15) is 10.8 Å². The Kier molecular flexibility index (Phi) is 4.55. The number of hydrogen-bond acceptors (Lipinski definition) is 3. The zero-order valence-electron chi connectivity index (χ0n) is 11.1. The highest BCUT2D eigenvalue weighted by atomic mass is 35.5. The van der Waals surface area contributed by atoms with Crippen LogP contribution in [0.4, 0.5) is 4.39 Å². The van der Waals surface area contributed by atoms with Crippen LogP contribution < -0.4 is 5.32 Å². The second kappa shape index (κ2) is 5.99. The standard InChI is InChI=1S/C14H16ClFN2S/c1-4-17-13(14-18-8(2)9(3)19-14)11-7-10(15)5-6-12(11)16/h5-7,13,17H,4H2,1-3H3. The number of thiazole rings is 1. The number of hydrogen-bond donors (Lipinski definition) is 1. The van der Waals surface area contributed by atoms with Gasteiger partial charge >= 0.3 is 0 Å².